The van der Waals surface area contributed by atoms with Gasteiger partial charge >= 0.3 is 0 Å². The Kier molecular flexibility index (Phi) is 8.87. The molecule has 0 aliphatic rings. The Bertz CT molecular complexity index is 1010. The van der Waals surface area contributed by atoms with Crippen LogP contribution in [0.2, 0.25) is 0 Å². The molecule has 0 fully saturated rings. The molecule has 0 unspecified atom stereocenters. The molecule has 0 aliphatic heterocycles. The number of rotatable bonds is 13. The first-order valence-electron chi connectivity index (χ1n) is 11.2. The van der Waals surface area contributed by atoms with E-state index in [0.717, 1.165) is 49.3 Å². The Hall–Kier alpha value is -3.12. The number of nitrogens with zero attached hydrogens (tertiary/aromatic N) is 1. The van der Waals surface area contributed by atoms with Gasteiger partial charge in [0.25, 0.3) is 5.91 Å². The van der Waals surface area contributed by atoms with Crippen molar-refractivity contribution in [3.05, 3.63) is 72.7 Å². The molecule has 0 aliphatic carbocycles. The van der Waals surface area contributed by atoms with E-state index in [4.69, 9.17) is 4.74 Å². The number of aromatic amines is 1. The van der Waals surface area contributed by atoms with Crippen LogP contribution < -0.4 is 15.0 Å². The molecular formula is C26H32FN3O2. The Labute approximate surface area is 189 Å². The smallest absolute Gasteiger partial charge is 0.274 e. The third-order valence-corrected chi connectivity index (χ3v) is 5.38. The summed E-state index contributed by atoms with van der Waals surface area (Å²) >= 11 is 0. The quantitative estimate of drug-likeness (QED) is 0.267. The van der Waals surface area contributed by atoms with Crippen LogP contribution in [0.25, 0.3) is 10.9 Å². The summed E-state index contributed by atoms with van der Waals surface area (Å²) in [4.78, 5) is 17.4. The minimum absolute atomic E-state index is 0.186. The number of H-pyrrole nitrogens is 1. The molecular weight excluding hydrogens is 405 g/mol. The van der Waals surface area contributed by atoms with E-state index in [9.17, 15) is 9.18 Å². The summed E-state index contributed by atoms with van der Waals surface area (Å²) in [7, 11) is 1.72. The molecule has 0 spiro atoms. The van der Waals surface area contributed by atoms with Crippen molar-refractivity contribution in [3.63, 3.8) is 0 Å². The monoisotopic (exact) mass is 437 g/mol. The molecule has 170 valence electrons. The third kappa shape index (κ3) is 6.69. The predicted molar refractivity (Wildman–Crippen MR) is 129 cm³/mol. The molecule has 3 rings (SSSR count). The van der Waals surface area contributed by atoms with Crippen LogP contribution >= 0.6 is 0 Å². The summed E-state index contributed by atoms with van der Waals surface area (Å²) < 4.78 is 19.2. The van der Waals surface area contributed by atoms with Crippen molar-refractivity contribution in [2.45, 2.75) is 32.1 Å². The fraction of sp³-hybridized carbons (Fsp3) is 0.346. The van der Waals surface area contributed by atoms with Crippen LogP contribution in [0.4, 0.5) is 10.1 Å². The maximum absolute atomic E-state index is 13.4. The highest BCUT2D eigenvalue weighted by Gasteiger charge is 2.16. The molecule has 3 aromatic rings. The highest BCUT2D eigenvalue weighted by Crippen LogP contribution is 2.22. The van der Waals surface area contributed by atoms with Gasteiger partial charge in [0, 0.05) is 23.6 Å². The standard InChI is InChI=1S/C26H32FN3O2/c1-3-4-15-28-16-7-5-6-8-17-32-23-12-10-22(11-13-23)30(2)26(31)25-19-20-18-21(27)9-14-24(20)29-25/h3,9-14,18-19,28-29H,1,4-8,15-17H2,2H3. The van der Waals surface area contributed by atoms with Gasteiger partial charge in [0.05, 0.1) is 6.61 Å². The van der Waals surface area contributed by atoms with Gasteiger partial charge in [0.15, 0.2) is 0 Å². The summed E-state index contributed by atoms with van der Waals surface area (Å²) in [6, 6.07) is 13.6. The predicted octanol–water partition coefficient (Wildman–Crippen LogP) is 5.69. The van der Waals surface area contributed by atoms with Gasteiger partial charge in [-0.1, -0.05) is 18.9 Å². The van der Waals surface area contributed by atoms with Crippen LogP contribution in [0.15, 0.2) is 61.2 Å². The van der Waals surface area contributed by atoms with Crippen molar-refractivity contribution >= 4 is 22.5 Å². The zero-order chi connectivity index (χ0) is 22.8. The van der Waals surface area contributed by atoms with Crippen molar-refractivity contribution in [1.29, 1.82) is 0 Å². The number of ether oxygens (including phenoxy) is 1. The van der Waals surface area contributed by atoms with Gasteiger partial charge in [-0.25, -0.2) is 4.39 Å². The lowest BCUT2D eigenvalue weighted by molar-refractivity contribution is 0.0989. The first kappa shape index (κ1) is 23.5. The third-order valence-electron chi connectivity index (χ3n) is 5.38. The number of carbonyl (C=O) groups is 1. The molecule has 2 N–H and O–H groups in total. The van der Waals surface area contributed by atoms with Gasteiger partial charge in [-0.2, -0.15) is 0 Å². The molecule has 32 heavy (non-hydrogen) atoms. The fourth-order valence-corrected chi connectivity index (χ4v) is 3.51. The summed E-state index contributed by atoms with van der Waals surface area (Å²) in [6.07, 6.45) is 7.48. The molecule has 1 heterocycles. The first-order chi connectivity index (χ1) is 15.6. The highest BCUT2D eigenvalue weighted by molar-refractivity contribution is 6.07. The van der Waals surface area contributed by atoms with Crippen LogP contribution in [0.3, 0.4) is 0 Å². The highest BCUT2D eigenvalue weighted by atomic mass is 19.1. The van der Waals surface area contributed by atoms with E-state index in [1.807, 2.05) is 30.3 Å². The average Bonchev–Trinajstić information content (AvgIpc) is 3.23. The average molecular weight is 438 g/mol. The molecule has 0 saturated carbocycles. The zero-order valence-corrected chi connectivity index (χ0v) is 18.7. The van der Waals surface area contributed by atoms with Crippen LogP contribution in [0.1, 0.15) is 42.6 Å². The molecule has 1 amide bonds. The number of carbonyl (C=O) groups excluding carboxylic acids is 1. The van der Waals surface area contributed by atoms with E-state index >= 15 is 0 Å². The van der Waals surface area contributed by atoms with Gasteiger partial charge < -0.3 is 19.9 Å². The second-order valence-corrected chi connectivity index (χ2v) is 7.86. The van der Waals surface area contributed by atoms with E-state index in [-0.39, 0.29) is 11.7 Å². The van der Waals surface area contributed by atoms with Gasteiger partial charge in [-0.15, -0.1) is 6.58 Å². The number of hydrogen-bond acceptors (Lipinski definition) is 3. The lowest BCUT2D eigenvalue weighted by Gasteiger charge is -2.17. The van der Waals surface area contributed by atoms with E-state index in [0.29, 0.717) is 17.7 Å². The normalized spacial score (nSPS) is 10.9. The number of aromatic nitrogens is 1. The number of halogens is 1. The van der Waals surface area contributed by atoms with Gasteiger partial charge in [0.1, 0.15) is 17.3 Å². The minimum Gasteiger partial charge on any atom is -0.494 e. The lowest BCUT2D eigenvalue weighted by atomic mass is 10.2. The van der Waals surface area contributed by atoms with Gasteiger partial charge in [-0.05, 0) is 80.9 Å². The number of amides is 1. The maximum Gasteiger partial charge on any atom is 0.274 e. The SMILES string of the molecule is C=CCCNCCCCCCOc1ccc(N(C)C(=O)c2cc3cc(F)ccc3[nH]2)cc1. The molecule has 2 aromatic carbocycles. The molecule has 0 radical (unpaired) electrons. The largest absolute Gasteiger partial charge is 0.494 e. The zero-order valence-electron chi connectivity index (χ0n) is 18.7. The number of anilines is 1. The Morgan fingerprint density at radius 2 is 1.88 bits per heavy atom. The summed E-state index contributed by atoms with van der Waals surface area (Å²) in [5.74, 6) is 0.284. The van der Waals surface area contributed by atoms with Crippen LogP contribution in [0.5, 0.6) is 5.75 Å². The molecule has 0 saturated heterocycles. The van der Waals surface area contributed by atoms with Crippen molar-refractivity contribution in [2.75, 3.05) is 31.6 Å². The Morgan fingerprint density at radius 3 is 2.66 bits per heavy atom. The van der Waals surface area contributed by atoms with Crippen molar-refractivity contribution in [1.82, 2.24) is 10.3 Å². The number of hydrogen-bond donors (Lipinski definition) is 2. The Balaban J connectivity index is 1.41. The maximum atomic E-state index is 13.4. The second-order valence-electron chi connectivity index (χ2n) is 7.86. The van der Waals surface area contributed by atoms with E-state index in [1.165, 1.54) is 25.0 Å². The number of benzene rings is 2. The van der Waals surface area contributed by atoms with Crippen molar-refractivity contribution in [2.24, 2.45) is 0 Å². The van der Waals surface area contributed by atoms with E-state index in [1.54, 1.807) is 24.1 Å². The van der Waals surface area contributed by atoms with Crippen LogP contribution in [-0.2, 0) is 0 Å². The van der Waals surface area contributed by atoms with E-state index in [2.05, 4.69) is 16.9 Å². The second kappa shape index (κ2) is 12.1. The fourth-order valence-electron chi connectivity index (χ4n) is 3.51. The summed E-state index contributed by atoms with van der Waals surface area (Å²) in [6.45, 7) is 6.46. The van der Waals surface area contributed by atoms with Crippen molar-refractivity contribution < 1.29 is 13.9 Å². The molecule has 6 heteroatoms. The minimum atomic E-state index is -0.323. The van der Waals surface area contributed by atoms with E-state index < -0.39 is 0 Å². The molecule has 0 atom stereocenters. The number of fused-ring (bicyclic) bond motifs is 1. The van der Waals surface area contributed by atoms with Crippen LogP contribution in [-0.4, -0.2) is 37.6 Å². The summed E-state index contributed by atoms with van der Waals surface area (Å²) in [5, 5.41) is 4.07. The van der Waals surface area contributed by atoms with Gasteiger partial charge in [-0.3, -0.25) is 4.79 Å². The first-order valence-corrected chi connectivity index (χ1v) is 11.2. The summed E-state index contributed by atoms with van der Waals surface area (Å²) in [5.41, 5.74) is 1.91. The van der Waals surface area contributed by atoms with Gasteiger partial charge in [0.2, 0.25) is 0 Å². The molecule has 1 aromatic heterocycles. The number of nitrogens with one attached hydrogen (secondary N) is 2. The van der Waals surface area contributed by atoms with Crippen molar-refractivity contribution in [3.8, 4) is 5.75 Å². The molecule has 0 bridgehead atoms. The lowest BCUT2D eigenvalue weighted by Crippen LogP contribution is -2.26. The van der Waals surface area contributed by atoms with Crippen LogP contribution in [0, 0.1) is 5.82 Å². The topological polar surface area (TPSA) is 57.4 Å². The molecule has 5 nitrogen and oxygen atoms in total. The number of unbranched alkanes of at least 4 members (excludes halogenated alkanes) is 3. The Morgan fingerprint density at radius 1 is 1.09 bits per heavy atom.